The third kappa shape index (κ3) is 2.73. The Labute approximate surface area is 115 Å². The van der Waals surface area contributed by atoms with E-state index in [1.807, 2.05) is 25.1 Å². The predicted molar refractivity (Wildman–Crippen MR) is 77.6 cm³/mol. The Morgan fingerprint density at radius 1 is 1.53 bits per heavy atom. The zero-order chi connectivity index (χ0) is 14.0. The average molecular weight is 261 g/mol. The first-order valence-corrected chi connectivity index (χ1v) is 6.78. The molecule has 1 aliphatic heterocycles. The van der Waals surface area contributed by atoms with Crippen LogP contribution in [0.4, 0.5) is 5.69 Å². The first kappa shape index (κ1) is 13.9. The normalized spacial score (nSPS) is 25.2. The van der Waals surface area contributed by atoms with Gasteiger partial charge < -0.3 is 11.1 Å². The lowest BCUT2D eigenvalue weighted by Crippen LogP contribution is -2.39. The van der Waals surface area contributed by atoms with Gasteiger partial charge in [-0.3, -0.25) is 9.69 Å². The molecular weight excluding hydrogens is 238 g/mol. The maximum Gasteiger partial charge on any atom is 0.227 e. The highest BCUT2D eigenvalue weighted by atomic mass is 16.2. The van der Waals surface area contributed by atoms with Crippen molar-refractivity contribution in [1.82, 2.24) is 10.2 Å². The Bertz CT molecular complexity index is 474. The highest BCUT2D eigenvalue weighted by Crippen LogP contribution is 2.35. The average Bonchev–Trinajstić information content (AvgIpc) is 2.81. The molecule has 1 aliphatic rings. The Morgan fingerprint density at radius 3 is 2.89 bits per heavy atom. The molecule has 4 nitrogen and oxygen atoms in total. The van der Waals surface area contributed by atoms with Crippen LogP contribution in [-0.2, 0) is 4.79 Å². The molecule has 1 amide bonds. The van der Waals surface area contributed by atoms with E-state index in [2.05, 4.69) is 23.2 Å². The van der Waals surface area contributed by atoms with E-state index < -0.39 is 0 Å². The van der Waals surface area contributed by atoms with Crippen molar-refractivity contribution < 1.29 is 4.79 Å². The van der Waals surface area contributed by atoms with Gasteiger partial charge >= 0.3 is 0 Å². The molecule has 19 heavy (non-hydrogen) atoms. The molecule has 1 aromatic rings. The van der Waals surface area contributed by atoms with E-state index in [0.29, 0.717) is 0 Å². The second-order valence-corrected chi connectivity index (χ2v) is 5.71. The predicted octanol–water partition coefficient (Wildman–Crippen LogP) is 1.79. The molecule has 1 saturated heterocycles. The van der Waals surface area contributed by atoms with Crippen molar-refractivity contribution in [1.29, 1.82) is 0 Å². The van der Waals surface area contributed by atoms with Gasteiger partial charge in [0.2, 0.25) is 5.91 Å². The summed E-state index contributed by atoms with van der Waals surface area (Å²) in [5.74, 6) is 0.134. The number of hydrogen-bond donors (Lipinski definition) is 2. The largest absolute Gasteiger partial charge is 0.399 e. The second-order valence-electron chi connectivity index (χ2n) is 5.71. The smallest absolute Gasteiger partial charge is 0.227 e. The van der Waals surface area contributed by atoms with Gasteiger partial charge in [-0.05, 0) is 44.5 Å². The summed E-state index contributed by atoms with van der Waals surface area (Å²) in [7, 11) is 1.71. The lowest BCUT2D eigenvalue weighted by atomic mass is 9.89. The molecule has 0 saturated carbocycles. The lowest BCUT2D eigenvalue weighted by molar-refractivity contribution is -0.129. The summed E-state index contributed by atoms with van der Waals surface area (Å²) in [4.78, 5) is 14.3. The third-order valence-corrected chi connectivity index (χ3v) is 4.22. The first-order valence-electron chi connectivity index (χ1n) is 6.78. The van der Waals surface area contributed by atoms with Crippen molar-refractivity contribution in [3.63, 3.8) is 0 Å². The number of rotatable bonds is 3. The standard InChI is InChI=1S/C15H23N3O/c1-11(12-5-4-6-13(16)9-12)18-8-7-15(2,10-18)14(19)17-3/h4-6,9,11H,7-8,10,16H2,1-3H3,(H,17,19). The Morgan fingerprint density at radius 2 is 2.26 bits per heavy atom. The van der Waals surface area contributed by atoms with Crippen LogP contribution in [0.15, 0.2) is 24.3 Å². The van der Waals surface area contributed by atoms with Gasteiger partial charge in [-0.1, -0.05) is 12.1 Å². The minimum atomic E-state index is -0.274. The van der Waals surface area contributed by atoms with Crippen molar-refractivity contribution in [3.8, 4) is 0 Å². The molecular formula is C15H23N3O. The number of anilines is 1. The van der Waals surface area contributed by atoms with E-state index in [0.717, 1.165) is 25.2 Å². The van der Waals surface area contributed by atoms with E-state index in [1.54, 1.807) is 7.05 Å². The number of nitrogen functional groups attached to an aromatic ring is 1. The lowest BCUT2D eigenvalue weighted by Gasteiger charge is -2.27. The van der Waals surface area contributed by atoms with Crippen molar-refractivity contribution in [2.75, 3.05) is 25.9 Å². The minimum absolute atomic E-state index is 0.134. The van der Waals surface area contributed by atoms with Crippen LogP contribution in [0.25, 0.3) is 0 Å². The van der Waals surface area contributed by atoms with Gasteiger partial charge in [0.25, 0.3) is 0 Å². The molecule has 2 atom stereocenters. The molecule has 3 N–H and O–H groups in total. The van der Waals surface area contributed by atoms with Crippen LogP contribution in [0.3, 0.4) is 0 Å². The number of amides is 1. The number of carbonyl (C=O) groups is 1. The second kappa shape index (κ2) is 5.21. The molecule has 0 aliphatic carbocycles. The number of benzene rings is 1. The summed E-state index contributed by atoms with van der Waals surface area (Å²) in [5, 5.41) is 2.77. The highest BCUT2D eigenvalue weighted by molar-refractivity contribution is 5.82. The van der Waals surface area contributed by atoms with Gasteiger partial charge in [0.05, 0.1) is 5.41 Å². The number of likely N-dealkylation sites (tertiary alicyclic amines) is 1. The fourth-order valence-corrected chi connectivity index (χ4v) is 2.84. The van der Waals surface area contributed by atoms with Crippen LogP contribution in [0, 0.1) is 5.41 Å². The Hall–Kier alpha value is -1.55. The zero-order valence-corrected chi connectivity index (χ0v) is 11.9. The summed E-state index contributed by atoms with van der Waals surface area (Å²) < 4.78 is 0. The number of hydrogen-bond acceptors (Lipinski definition) is 3. The van der Waals surface area contributed by atoms with Crippen LogP contribution >= 0.6 is 0 Å². The van der Waals surface area contributed by atoms with E-state index in [1.165, 1.54) is 5.56 Å². The molecule has 0 aromatic heterocycles. The summed E-state index contributed by atoms with van der Waals surface area (Å²) in [5.41, 5.74) is 7.56. The van der Waals surface area contributed by atoms with E-state index in [9.17, 15) is 4.79 Å². The van der Waals surface area contributed by atoms with Crippen LogP contribution in [-0.4, -0.2) is 30.9 Å². The summed E-state index contributed by atoms with van der Waals surface area (Å²) in [6, 6.07) is 8.27. The molecule has 4 heteroatoms. The van der Waals surface area contributed by atoms with E-state index in [4.69, 9.17) is 5.73 Å². The maximum absolute atomic E-state index is 11.9. The molecule has 1 fully saturated rings. The van der Waals surface area contributed by atoms with Crippen LogP contribution in [0.5, 0.6) is 0 Å². The highest BCUT2D eigenvalue weighted by Gasteiger charge is 2.41. The maximum atomic E-state index is 11.9. The minimum Gasteiger partial charge on any atom is -0.399 e. The monoisotopic (exact) mass is 261 g/mol. The molecule has 0 bridgehead atoms. The molecule has 0 radical (unpaired) electrons. The number of carbonyl (C=O) groups excluding carboxylic acids is 1. The van der Waals surface area contributed by atoms with E-state index in [-0.39, 0.29) is 17.4 Å². The van der Waals surface area contributed by atoms with E-state index >= 15 is 0 Å². The Kier molecular flexibility index (Phi) is 3.80. The quantitative estimate of drug-likeness (QED) is 0.816. The van der Waals surface area contributed by atoms with Gasteiger partial charge in [-0.25, -0.2) is 0 Å². The van der Waals surface area contributed by atoms with Gasteiger partial charge in [-0.15, -0.1) is 0 Å². The van der Waals surface area contributed by atoms with Crippen LogP contribution < -0.4 is 11.1 Å². The number of nitrogens with one attached hydrogen (secondary N) is 1. The van der Waals surface area contributed by atoms with Crippen molar-refractivity contribution in [3.05, 3.63) is 29.8 Å². The van der Waals surface area contributed by atoms with Crippen LogP contribution in [0.2, 0.25) is 0 Å². The number of nitrogens with two attached hydrogens (primary N) is 1. The fourth-order valence-electron chi connectivity index (χ4n) is 2.84. The van der Waals surface area contributed by atoms with Gasteiger partial charge in [0.1, 0.15) is 0 Å². The molecule has 2 rings (SSSR count). The van der Waals surface area contributed by atoms with Gasteiger partial charge in [0.15, 0.2) is 0 Å². The SMILES string of the molecule is CNC(=O)C1(C)CCN(C(C)c2cccc(N)c2)C1. The molecule has 1 heterocycles. The number of nitrogens with zero attached hydrogens (tertiary/aromatic N) is 1. The fraction of sp³-hybridized carbons (Fsp3) is 0.533. The third-order valence-electron chi connectivity index (χ3n) is 4.22. The summed E-state index contributed by atoms with van der Waals surface area (Å²) in [6.07, 6.45) is 0.902. The Balaban J connectivity index is 2.11. The van der Waals surface area contributed by atoms with Gasteiger partial charge in [0, 0.05) is 25.3 Å². The first-order chi connectivity index (χ1) is 8.96. The molecule has 0 spiro atoms. The molecule has 1 aromatic carbocycles. The van der Waals surface area contributed by atoms with Crippen molar-refractivity contribution in [2.45, 2.75) is 26.3 Å². The molecule has 2 unspecified atom stereocenters. The van der Waals surface area contributed by atoms with Crippen molar-refractivity contribution >= 4 is 11.6 Å². The van der Waals surface area contributed by atoms with Gasteiger partial charge in [-0.2, -0.15) is 0 Å². The van der Waals surface area contributed by atoms with Crippen LogP contribution in [0.1, 0.15) is 31.9 Å². The molecule has 104 valence electrons. The topological polar surface area (TPSA) is 58.4 Å². The summed E-state index contributed by atoms with van der Waals surface area (Å²) >= 11 is 0. The van der Waals surface area contributed by atoms with Crippen molar-refractivity contribution in [2.24, 2.45) is 5.41 Å². The summed E-state index contributed by atoms with van der Waals surface area (Å²) in [6.45, 7) is 5.95. The zero-order valence-electron chi connectivity index (χ0n) is 11.9.